The standard InChI is InChI=1S/C10H14N2O3/c1-7(6-9(13)14)12(8-2-3-8)10-11-4-5-15-10/h4-5,7-8H,2-3,6H2,1H3,(H,13,14). The van der Waals surface area contributed by atoms with Gasteiger partial charge in [0.2, 0.25) is 0 Å². The molecule has 2 rings (SSSR count). The minimum absolute atomic E-state index is 0.0753. The van der Waals surface area contributed by atoms with E-state index < -0.39 is 5.97 Å². The number of hydrogen-bond acceptors (Lipinski definition) is 4. The molecule has 1 unspecified atom stereocenters. The maximum absolute atomic E-state index is 10.6. The summed E-state index contributed by atoms with van der Waals surface area (Å²) in [6.45, 7) is 1.89. The lowest BCUT2D eigenvalue weighted by molar-refractivity contribution is -0.137. The Hall–Kier alpha value is -1.52. The van der Waals surface area contributed by atoms with Gasteiger partial charge in [-0.05, 0) is 19.8 Å². The molecule has 1 aromatic heterocycles. The molecule has 0 radical (unpaired) electrons. The number of aromatic nitrogens is 1. The number of hydrogen-bond donors (Lipinski definition) is 1. The summed E-state index contributed by atoms with van der Waals surface area (Å²) in [5.74, 6) is -0.792. The van der Waals surface area contributed by atoms with Gasteiger partial charge in [-0.3, -0.25) is 4.79 Å². The first-order valence-corrected chi connectivity index (χ1v) is 5.08. The molecular weight excluding hydrogens is 196 g/mol. The van der Waals surface area contributed by atoms with Crippen molar-refractivity contribution in [3.8, 4) is 0 Å². The summed E-state index contributed by atoms with van der Waals surface area (Å²) in [4.78, 5) is 16.7. The van der Waals surface area contributed by atoms with Crippen molar-refractivity contribution >= 4 is 12.0 Å². The molecule has 0 saturated heterocycles. The van der Waals surface area contributed by atoms with E-state index in [0.717, 1.165) is 12.8 Å². The van der Waals surface area contributed by atoms with Crippen molar-refractivity contribution in [2.75, 3.05) is 4.90 Å². The van der Waals surface area contributed by atoms with Crippen LogP contribution in [0.3, 0.4) is 0 Å². The summed E-state index contributed by atoms with van der Waals surface area (Å²) in [6.07, 6.45) is 5.38. The van der Waals surface area contributed by atoms with Gasteiger partial charge in [0, 0.05) is 12.1 Å². The Bertz CT molecular complexity index is 332. The van der Waals surface area contributed by atoms with Crippen molar-refractivity contribution < 1.29 is 14.3 Å². The summed E-state index contributed by atoms with van der Waals surface area (Å²) in [5.41, 5.74) is 0. The predicted octanol–water partition coefficient (Wildman–Crippen LogP) is 1.51. The second-order valence-corrected chi connectivity index (χ2v) is 3.90. The third-order valence-corrected chi connectivity index (χ3v) is 2.53. The maximum Gasteiger partial charge on any atom is 0.305 e. The van der Waals surface area contributed by atoms with Crippen LogP contribution >= 0.6 is 0 Å². The molecule has 15 heavy (non-hydrogen) atoms. The average Bonchev–Trinajstić information content (AvgIpc) is 2.80. The predicted molar refractivity (Wildman–Crippen MR) is 53.7 cm³/mol. The van der Waals surface area contributed by atoms with Crippen LogP contribution < -0.4 is 4.90 Å². The number of carboxylic acid groups (broad SMARTS) is 1. The van der Waals surface area contributed by atoms with Gasteiger partial charge in [0.05, 0.1) is 12.6 Å². The molecule has 1 aromatic rings. The van der Waals surface area contributed by atoms with E-state index in [2.05, 4.69) is 4.98 Å². The van der Waals surface area contributed by atoms with Crippen molar-refractivity contribution in [1.29, 1.82) is 0 Å². The highest BCUT2D eigenvalue weighted by Gasteiger charge is 2.35. The second kappa shape index (κ2) is 3.92. The first-order valence-electron chi connectivity index (χ1n) is 5.08. The van der Waals surface area contributed by atoms with Crippen LogP contribution in [0.15, 0.2) is 16.9 Å². The minimum Gasteiger partial charge on any atom is -0.481 e. The van der Waals surface area contributed by atoms with E-state index in [0.29, 0.717) is 12.1 Å². The molecule has 1 fully saturated rings. The van der Waals surface area contributed by atoms with Gasteiger partial charge in [-0.25, -0.2) is 4.98 Å². The van der Waals surface area contributed by atoms with Gasteiger partial charge in [-0.2, -0.15) is 0 Å². The molecule has 1 saturated carbocycles. The average molecular weight is 210 g/mol. The third-order valence-electron chi connectivity index (χ3n) is 2.53. The Balaban J connectivity index is 2.09. The van der Waals surface area contributed by atoms with Crippen molar-refractivity contribution in [2.24, 2.45) is 0 Å². The number of anilines is 1. The molecule has 1 aliphatic carbocycles. The Kier molecular flexibility index (Phi) is 2.62. The minimum atomic E-state index is -0.792. The molecule has 1 N–H and O–H groups in total. The van der Waals surface area contributed by atoms with E-state index in [9.17, 15) is 4.79 Å². The number of oxazole rings is 1. The van der Waals surface area contributed by atoms with Crippen LogP contribution in [0.5, 0.6) is 0 Å². The first-order chi connectivity index (χ1) is 7.18. The molecule has 0 spiro atoms. The zero-order valence-corrected chi connectivity index (χ0v) is 8.59. The molecule has 82 valence electrons. The maximum atomic E-state index is 10.6. The normalized spacial score (nSPS) is 17.4. The Morgan fingerprint density at radius 1 is 1.80 bits per heavy atom. The third kappa shape index (κ3) is 2.29. The van der Waals surface area contributed by atoms with E-state index in [1.54, 1.807) is 6.20 Å². The van der Waals surface area contributed by atoms with Crippen LogP contribution in [-0.4, -0.2) is 28.1 Å². The number of carbonyl (C=O) groups is 1. The fourth-order valence-electron chi connectivity index (χ4n) is 1.75. The summed E-state index contributed by atoms with van der Waals surface area (Å²) in [7, 11) is 0. The quantitative estimate of drug-likeness (QED) is 0.797. The second-order valence-electron chi connectivity index (χ2n) is 3.90. The van der Waals surface area contributed by atoms with Crippen molar-refractivity contribution in [3.05, 3.63) is 12.5 Å². The lowest BCUT2D eigenvalue weighted by atomic mass is 10.2. The van der Waals surface area contributed by atoms with Gasteiger partial charge in [0.25, 0.3) is 6.01 Å². The fraction of sp³-hybridized carbons (Fsp3) is 0.600. The molecule has 1 heterocycles. The highest BCUT2D eigenvalue weighted by Crippen LogP contribution is 2.33. The summed E-state index contributed by atoms with van der Waals surface area (Å²) >= 11 is 0. The lowest BCUT2D eigenvalue weighted by Gasteiger charge is -2.26. The van der Waals surface area contributed by atoms with Crippen LogP contribution in [0.2, 0.25) is 0 Å². The van der Waals surface area contributed by atoms with Gasteiger partial charge in [-0.1, -0.05) is 0 Å². The van der Waals surface area contributed by atoms with Gasteiger partial charge in [0.1, 0.15) is 6.26 Å². The zero-order chi connectivity index (χ0) is 10.8. The van der Waals surface area contributed by atoms with Gasteiger partial charge < -0.3 is 14.4 Å². The largest absolute Gasteiger partial charge is 0.481 e. The van der Waals surface area contributed by atoms with E-state index >= 15 is 0 Å². The highest BCUT2D eigenvalue weighted by atomic mass is 16.4. The smallest absolute Gasteiger partial charge is 0.305 e. The number of rotatable bonds is 5. The Morgan fingerprint density at radius 3 is 3.00 bits per heavy atom. The molecule has 5 nitrogen and oxygen atoms in total. The summed E-state index contributed by atoms with van der Waals surface area (Å²) in [6, 6.07) is 0.859. The van der Waals surface area contributed by atoms with E-state index in [1.165, 1.54) is 6.26 Å². The summed E-state index contributed by atoms with van der Waals surface area (Å²) < 4.78 is 5.22. The van der Waals surface area contributed by atoms with Crippen LogP contribution in [0.4, 0.5) is 6.01 Å². The topological polar surface area (TPSA) is 66.6 Å². The molecule has 1 aliphatic rings. The van der Waals surface area contributed by atoms with Crippen molar-refractivity contribution in [1.82, 2.24) is 4.98 Å². The molecule has 1 atom stereocenters. The Morgan fingerprint density at radius 2 is 2.53 bits per heavy atom. The SMILES string of the molecule is CC(CC(=O)O)N(c1ncco1)C1CC1. The van der Waals surface area contributed by atoms with Crippen molar-refractivity contribution in [2.45, 2.75) is 38.3 Å². The van der Waals surface area contributed by atoms with Crippen LogP contribution in [-0.2, 0) is 4.79 Å². The number of nitrogens with zero attached hydrogens (tertiary/aromatic N) is 2. The first kappa shape index (κ1) is 10.0. The van der Waals surface area contributed by atoms with E-state index in [1.807, 2.05) is 11.8 Å². The summed E-state index contributed by atoms with van der Waals surface area (Å²) in [5, 5.41) is 8.75. The number of carboxylic acids is 1. The highest BCUT2D eigenvalue weighted by molar-refractivity contribution is 5.68. The molecule has 0 aromatic carbocycles. The van der Waals surface area contributed by atoms with E-state index in [4.69, 9.17) is 9.52 Å². The Labute approximate surface area is 87.7 Å². The van der Waals surface area contributed by atoms with Gasteiger partial charge >= 0.3 is 5.97 Å². The molecule has 0 amide bonds. The molecule has 5 heteroatoms. The van der Waals surface area contributed by atoms with E-state index in [-0.39, 0.29) is 12.5 Å². The van der Waals surface area contributed by atoms with Gasteiger partial charge in [-0.15, -0.1) is 0 Å². The monoisotopic (exact) mass is 210 g/mol. The fourth-order valence-corrected chi connectivity index (χ4v) is 1.75. The van der Waals surface area contributed by atoms with Crippen LogP contribution in [0.25, 0.3) is 0 Å². The van der Waals surface area contributed by atoms with Crippen molar-refractivity contribution in [3.63, 3.8) is 0 Å². The van der Waals surface area contributed by atoms with Crippen LogP contribution in [0, 0.1) is 0 Å². The zero-order valence-electron chi connectivity index (χ0n) is 8.59. The lowest BCUT2D eigenvalue weighted by Crippen LogP contribution is -2.36. The molecular formula is C10H14N2O3. The molecule has 0 aliphatic heterocycles. The van der Waals surface area contributed by atoms with Gasteiger partial charge in [0.15, 0.2) is 0 Å². The number of aliphatic carboxylic acids is 1. The molecule has 0 bridgehead atoms. The van der Waals surface area contributed by atoms with Crippen LogP contribution in [0.1, 0.15) is 26.2 Å².